The molecule has 1 heterocycles. The summed E-state index contributed by atoms with van der Waals surface area (Å²) in [6.07, 6.45) is 3.01. The number of rotatable bonds is 8. The van der Waals surface area contributed by atoms with Crippen LogP contribution in [0.3, 0.4) is 0 Å². The lowest BCUT2D eigenvalue weighted by Gasteiger charge is -2.28. The summed E-state index contributed by atoms with van der Waals surface area (Å²) in [6.45, 7) is 9.87. The van der Waals surface area contributed by atoms with Gasteiger partial charge in [0.1, 0.15) is 0 Å². The van der Waals surface area contributed by atoms with Crippen molar-refractivity contribution in [3.63, 3.8) is 0 Å². The van der Waals surface area contributed by atoms with Crippen LogP contribution in [0.25, 0.3) is 0 Å². The zero-order chi connectivity index (χ0) is 14.3. The van der Waals surface area contributed by atoms with Gasteiger partial charge in [-0.3, -0.25) is 4.79 Å². The molecule has 1 saturated heterocycles. The molecule has 0 aromatic rings. The number of ether oxygens (including phenoxy) is 1. The molecule has 0 spiro atoms. The molecule has 112 valence electrons. The van der Waals surface area contributed by atoms with Crippen LogP contribution in [0.15, 0.2) is 0 Å². The zero-order valence-corrected chi connectivity index (χ0v) is 12.9. The Morgan fingerprint density at radius 1 is 1.42 bits per heavy atom. The fraction of sp³-hybridized carbons (Fsp3) is 0.933. The molecule has 4 heteroatoms. The summed E-state index contributed by atoms with van der Waals surface area (Å²) < 4.78 is 5.12. The van der Waals surface area contributed by atoms with E-state index in [0.29, 0.717) is 30.9 Å². The van der Waals surface area contributed by atoms with Crippen molar-refractivity contribution in [3.8, 4) is 0 Å². The van der Waals surface area contributed by atoms with Crippen LogP contribution in [0.5, 0.6) is 0 Å². The van der Waals surface area contributed by atoms with E-state index in [1.54, 1.807) is 7.11 Å². The van der Waals surface area contributed by atoms with Gasteiger partial charge in [-0.15, -0.1) is 0 Å². The maximum atomic E-state index is 12.4. The van der Waals surface area contributed by atoms with Crippen LogP contribution < -0.4 is 5.32 Å². The Labute approximate surface area is 117 Å². The maximum absolute atomic E-state index is 12.4. The average Bonchev–Trinajstić information content (AvgIpc) is 2.80. The molecule has 1 aliphatic rings. The van der Waals surface area contributed by atoms with Crippen molar-refractivity contribution in [2.45, 2.75) is 46.1 Å². The molecular weight excluding hydrogens is 240 g/mol. The summed E-state index contributed by atoms with van der Waals surface area (Å²) in [7, 11) is 1.69. The normalized spacial score (nSPS) is 20.8. The first-order valence-electron chi connectivity index (χ1n) is 7.53. The molecule has 1 N–H and O–H groups in total. The molecular formula is C15H30N2O2. The smallest absolute Gasteiger partial charge is 0.222 e. The number of carbonyl (C=O) groups is 1. The first-order valence-corrected chi connectivity index (χ1v) is 7.53. The van der Waals surface area contributed by atoms with Gasteiger partial charge in [0.05, 0.1) is 0 Å². The third-order valence-electron chi connectivity index (χ3n) is 3.52. The molecule has 1 rings (SSSR count). The quantitative estimate of drug-likeness (QED) is 0.732. The summed E-state index contributed by atoms with van der Waals surface area (Å²) in [6, 6.07) is 0.487. The molecule has 0 radical (unpaired) electrons. The minimum absolute atomic E-state index is 0.270. The summed E-state index contributed by atoms with van der Waals surface area (Å²) in [5.41, 5.74) is 0. The Kier molecular flexibility index (Phi) is 7.39. The van der Waals surface area contributed by atoms with Crippen molar-refractivity contribution < 1.29 is 9.53 Å². The molecule has 0 saturated carbocycles. The SMILES string of the molecule is COCC(C)CC(=O)N(CC(C)C)CC1CCCN1. The Hall–Kier alpha value is -0.610. The summed E-state index contributed by atoms with van der Waals surface area (Å²) >= 11 is 0. The third kappa shape index (κ3) is 6.39. The van der Waals surface area contributed by atoms with Gasteiger partial charge in [0.15, 0.2) is 0 Å². The highest BCUT2D eigenvalue weighted by Crippen LogP contribution is 2.12. The first kappa shape index (κ1) is 16.4. The van der Waals surface area contributed by atoms with Crippen LogP contribution in [-0.2, 0) is 9.53 Å². The highest BCUT2D eigenvalue weighted by atomic mass is 16.5. The molecule has 2 unspecified atom stereocenters. The fourth-order valence-corrected chi connectivity index (χ4v) is 2.67. The van der Waals surface area contributed by atoms with Gasteiger partial charge in [0, 0.05) is 39.3 Å². The van der Waals surface area contributed by atoms with E-state index in [0.717, 1.165) is 19.6 Å². The highest BCUT2D eigenvalue weighted by molar-refractivity contribution is 5.76. The van der Waals surface area contributed by atoms with Crippen molar-refractivity contribution in [2.75, 3.05) is 33.4 Å². The Bertz CT molecular complexity index is 263. The predicted octanol–water partition coefficient (Wildman–Crippen LogP) is 1.90. The molecule has 0 aliphatic carbocycles. The average molecular weight is 270 g/mol. The monoisotopic (exact) mass is 270 g/mol. The van der Waals surface area contributed by atoms with E-state index in [4.69, 9.17) is 4.74 Å². The fourth-order valence-electron chi connectivity index (χ4n) is 2.67. The number of nitrogens with zero attached hydrogens (tertiary/aromatic N) is 1. The molecule has 1 aliphatic heterocycles. The lowest BCUT2D eigenvalue weighted by Crippen LogP contribution is -2.43. The van der Waals surface area contributed by atoms with Gasteiger partial charge in [-0.05, 0) is 31.2 Å². The van der Waals surface area contributed by atoms with E-state index < -0.39 is 0 Å². The van der Waals surface area contributed by atoms with Crippen molar-refractivity contribution in [2.24, 2.45) is 11.8 Å². The number of amides is 1. The van der Waals surface area contributed by atoms with Crippen molar-refractivity contribution >= 4 is 5.91 Å². The zero-order valence-electron chi connectivity index (χ0n) is 12.9. The number of hydrogen-bond donors (Lipinski definition) is 1. The van der Waals surface area contributed by atoms with E-state index in [2.05, 4.69) is 26.1 Å². The van der Waals surface area contributed by atoms with E-state index in [1.165, 1.54) is 12.8 Å². The van der Waals surface area contributed by atoms with Crippen LogP contribution >= 0.6 is 0 Å². The largest absolute Gasteiger partial charge is 0.384 e. The second-order valence-corrected chi connectivity index (χ2v) is 6.25. The van der Waals surface area contributed by atoms with Gasteiger partial charge in [-0.25, -0.2) is 0 Å². The Morgan fingerprint density at radius 2 is 2.16 bits per heavy atom. The van der Waals surface area contributed by atoms with Crippen LogP contribution in [0, 0.1) is 11.8 Å². The van der Waals surface area contributed by atoms with Gasteiger partial charge in [0.25, 0.3) is 0 Å². The highest BCUT2D eigenvalue weighted by Gasteiger charge is 2.23. The van der Waals surface area contributed by atoms with E-state index in [1.807, 2.05) is 4.90 Å². The van der Waals surface area contributed by atoms with Gasteiger partial charge >= 0.3 is 0 Å². The third-order valence-corrected chi connectivity index (χ3v) is 3.52. The first-order chi connectivity index (χ1) is 9.02. The summed E-state index contributed by atoms with van der Waals surface area (Å²) in [4.78, 5) is 14.4. The van der Waals surface area contributed by atoms with Gasteiger partial charge in [-0.2, -0.15) is 0 Å². The summed E-state index contributed by atoms with van der Waals surface area (Å²) in [5.74, 6) is 1.08. The molecule has 1 fully saturated rings. The number of hydrogen-bond acceptors (Lipinski definition) is 3. The Balaban J connectivity index is 2.48. The molecule has 19 heavy (non-hydrogen) atoms. The summed E-state index contributed by atoms with van der Waals surface area (Å²) in [5, 5.41) is 3.48. The number of nitrogens with one attached hydrogen (secondary N) is 1. The molecule has 0 bridgehead atoms. The van der Waals surface area contributed by atoms with E-state index in [9.17, 15) is 4.79 Å². The standard InChI is InChI=1S/C15H30N2O2/c1-12(2)9-17(10-14-6-5-7-16-14)15(18)8-13(3)11-19-4/h12-14,16H,5-11H2,1-4H3. The molecule has 0 aromatic heterocycles. The van der Waals surface area contributed by atoms with Gasteiger partial charge < -0.3 is 15.0 Å². The molecule has 4 nitrogen and oxygen atoms in total. The second-order valence-electron chi connectivity index (χ2n) is 6.25. The van der Waals surface area contributed by atoms with Gasteiger partial charge in [0.2, 0.25) is 5.91 Å². The predicted molar refractivity (Wildman–Crippen MR) is 78.1 cm³/mol. The van der Waals surface area contributed by atoms with E-state index in [-0.39, 0.29) is 5.91 Å². The molecule has 0 aromatic carbocycles. The van der Waals surface area contributed by atoms with Crippen molar-refractivity contribution in [1.82, 2.24) is 10.2 Å². The lowest BCUT2D eigenvalue weighted by atomic mass is 10.1. The second kappa shape index (κ2) is 8.54. The minimum Gasteiger partial charge on any atom is -0.384 e. The maximum Gasteiger partial charge on any atom is 0.222 e. The van der Waals surface area contributed by atoms with Crippen LogP contribution in [0.1, 0.15) is 40.0 Å². The van der Waals surface area contributed by atoms with Crippen LogP contribution in [0.4, 0.5) is 0 Å². The number of methoxy groups -OCH3 is 1. The number of carbonyl (C=O) groups excluding carboxylic acids is 1. The van der Waals surface area contributed by atoms with Crippen LogP contribution in [-0.4, -0.2) is 50.2 Å². The Morgan fingerprint density at radius 3 is 2.68 bits per heavy atom. The van der Waals surface area contributed by atoms with Gasteiger partial charge in [-0.1, -0.05) is 20.8 Å². The minimum atomic E-state index is 0.270. The van der Waals surface area contributed by atoms with E-state index >= 15 is 0 Å². The topological polar surface area (TPSA) is 41.6 Å². The molecule has 2 atom stereocenters. The lowest BCUT2D eigenvalue weighted by molar-refractivity contribution is -0.133. The molecule has 1 amide bonds. The van der Waals surface area contributed by atoms with Crippen LogP contribution in [0.2, 0.25) is 0 Å². The van der Waals surface area contributed by atoms with Crippen molar-refractivity contribution in [1.29, 1.82) is 0 Å². The van der Waals surface area contributed by atoms with Crippen molar-refractivity contribution in [3.05, 3.63) is 0 Å².